The topological polar surface area (TPSA) is 64.9 Å². The highest BCUT2D eigenvalue weighted by molar-refractivity contribution is 5.92. The van der Waals surface area contributed by atoms with Gasteiger partial charge in [0.2, 0.25) is 5.91 Å². The van der Waals surface area contributed by atoms with Crippen LogP contribution in [0.15, 0.2) is 54.6 Å². The van der Waals surface area contributed by atoms with E-state index < -0.39 is 0 Å². The largest absolute Gasteiger partial charge is 0.325 e. The molecular weight excluding hydrogens is 286 g/mol. The molecule has 1 amide bonds. The molecule has 0 heterocycles. The number of carbonyl (C=O) groups is 1. The predicted octanol–water partition coefficient (Wildman–Crippen LogP) is 3.48. The van der Waals surface area contributed by atoms with Crippen molar-refractivity contribution in [1.29, 1.82) is 5.26 Å². The molecule has 0 aliphatic heterocycles. The summed E-state index contributed by atoms with van der Waals surface area (Å²) in [4.78, 5) is 12.1. The van der Waals surface area contributed by atoms with E-state index in [1.807, 2.05) is 18.2 Å². The molecule has 2 aromatic rings. The second-order valence-corrected chi connectivity index (χ2v) is 5.75. The molecule has 0 aliphatic carbocycles. The van der Waals surface area contributed by atoms with Gasteiger partial charge in [-0.15, -0.1) is 0 Å². The summed E-state index contributed by atoms with van der Waals surface area (Å²) in [5.74, 6) is 0.244. The van der Waals surface area contributed by atoms with Crippen LogP contribution in [0, 0.1) is 17.2 Å². The van der Waals surface area contributed by atoms with Crippen molar-refractivity contribution >= 4 is 11.6 Å². The van der Waals surface area contributed by atoms with Crippen LogP contribution in [-0.4, -0.2) is 12.5 Å². The molecule has 0 radical (unpaired) electrons. The fourth-order valence-corrected chi connectivity index (χ4v) is 2.47. The zero-order chi connectivity index (χ0) is 16.7. The van der Waals surface area contributed by atoms with E-state index in [1.165, 1.54) is 5.56 Å². The second-order valence-electron chi connectivity index (χ2n) is 5.75. The molecule has 1 atom stereocenters. The van der Waals surface area contributed by atoms with Crippen LogP contribution in [0.2, 0.25) is 0 Å². The quantitative estimate of drug-likeness (QED) is 0.858. The molecule has 4 nitrogen and oxygen atoms in total. The highest BCUT2D eigenvalue weighted by atomic mass is 16.1. The molecule has 0 fully saturated rings. The Bertz CT molecular complexity index is 689. The van der Waals surface area contributed by atoms with Crippen molar-refractivity contribution in [3.8, 4) is 6.07 Å². The molecule has 0 aromatic heterocycles. The van der Waals surface area contributed by atoms with Crippen molar-refractivity contribution in [2.75, 3.05) is 11.9 Å². The Morgan fingerprint density at radius 3 is 2.52 bits per heavy atom. The van der Waals surface area contributed by atoms with Gasteiger partial charge in [-0.25, -0.2) is 0 Å². The molecule has 23 heavy (non-hydrogen) atoms. The molecule has 0 saturated heterocycles. The van der Waals surface area contributed by atoms with Crippen molar-refractivity contribution < 1.29 is 4.79 Å². The third-order valence-electron chi connectivity index (χ3n) is 3.58. The summed E-state index contributed by atoms with van der Waals surface area (Å²) in [6, 6.07) is 19.2. The summed E-state index contributed by atoms with van der Waals surface area (Å²) in [6.07, 6.45) is 0. The molecule has 0 bridgehead atoms. The summed E-state index contributed by atoms with van der Waals surface area (Å²) in [6.45, 7) is 4.46. The number of nitrogens with one attached hydrogen (secondary N) is 2. The van der Waals surface area contributed by atoms with E-state index in [1.54, 1.807) is 24.3 Å². The average molecular weight is 307 g/mol. The molecule has 2 N–H and O–H groups in total. The first-order valence-corrected chi connectivity index (χ1v) is 7.68. The number of amides is 1. The van der Waals surface area contributed by atoms with Crippen LogP contribution < -0.4 is 10.6 Å². The first-order chi connectivity index (χ1) is 11.1. The minimum atomic E-state index is -0.123. The molecule has 118 valence electrons. The van der Waals surface area contributed by atoms with E-state index in [2.05, 4.69) is 42.7 Å². The molecule has 2 rings (SSSR count). The van der Waals surface area contributed by atoms with Gasteiger partial charge in [0, 0.05) is 11.7 Å². The van der Waals surface area contributed by atoms with Crippen LogP contribution in [0.5, 0.6) is 0 Å². The lowest BCUT2D eigenvalue weighted by Gasteiger charge is -2.22. The zero-order valence-electron chi connectivity index (χ0n) is 13.4. The smallest absolute Gasteiger partial charge is 0.238 e. The number of anilines is 1. The lowest BCUT2D eigenvalue weighted by atomic mass is 9.96. The summed E-state index contributed by atoms with van der Waals surface area (Å²) in [5, 5.41) is 15.0. The van der Waals surface area contributed by atoms with E-state index in [0.29, 0.717) is 17.2 Å². The van der Waals surface area contributed by atoms with Crippen LogP contribution in [0.4, 0.5) is 5.69 Å². The van der Waals surface area contributed by atoms with Crippen molar-refractivity contribution in [3.63, 3.8) is 0 Å². The Morgan fingerprint density at radius 1 is 1.13 bits per heavy atom. The van der Waals surface area contributed by atoms with E-state index in [-0.39, 0.29) is 18.5 Å². The number of benzene rings is 2. The molecule has 0 saturated carbocycles. The lowest BCUT2D eigenvalue weighted by Crippen LogP contribution is -2.33. The number of nitrogens with zero attached hydrogens (tertiary/aromatic N) is 1. The Hall–Kier alpha value is -2.64. The van der Waals surface area contributed by atoms with Crippen LogP contribution in [0.3, 0.4) is 0 Å². The van der Waals surface area contributed by atoms with Crippen LogP contribution in [0.25, 0.3) is 0 Å². The number of hydrogen-bond acceptors (Lipinski definition) is 3. The Kier molecular flexibility index (Phi) is 5.90. The minimum absolute atomic E-state index is 0.118. The Balaban J connectivity index is 1.95. The third kappa shape index (κ3) is 4.94. The highest BCUT2D eigenvalue weighted by Gasteiger charge is 2.16. The molecule has 2 aromatic carbocycles. The van der Waals surface area contributed by atoms with Gasteiger partial charge < -0.3 is 10.6 Å². The molecular formula is C19H21N3O. The lowest BCUT2D eigenvalue weighted by molar-refractivity contribution is -0.115. The van der Waals surface area contributed by atoms with Gasteiger partial charge in [0.1, 0.15) is 0 Å². The van der Waals surface area contributed by atoms with Crippen molar-refractivity contribution in [3.05, 3.63) is 65.7 Å². The number of rotatable bonds is 6. The maximum atomic E-state index is 12.1. The monoisotopic (exact) mass is 307 g/mol. The average Bonchev–Trinajstić information content (AvgIpc) is 2.56. The molecule has 4 heteroatoms. The first kappa shape index (κ1) is 16.7. The van der Waals surface area contributed by atoms with Gasteiger partial charge in [0.05, 0.1) is 18.2 Å². The van der Waals surface area contributed by atoms with Crippen molar-refractivity contribution in [2.45, 2.75) is 19.9 Å². The van der Waals surface area contributed by atoms with E-state index >= 15 is 0 Å². The van der Waals surface area contributed by atoms with Crippen LogP contribution in [-0.2, 0) is 4.79 Å². The summed E-state index contributed by atoms with van der Waals surface area (Å²) in [5.41, 5.74) is 2.33. The van der Waals surface area contributed by atoms with E-state index in [9.17, 15) is 4.79 Å². The van der Waals surface area contributed by atoms with Gasteiger partial charge in [-0.3, -0.25) is 4.79 Å². The molecule has 0 unspecified atom stereocenters. The van der Waals surface area contributed by atoms with Gasteiger partial charge in [0.15, 0.2) is 0 Å². The van der Waals surface area contributed by atoms with Gasteiger partial charge in [-0.1, -0.05) is 50.2 Å². The molecule has 0 aliphatic rings. The normalized spacial score (nSPS) is 11.7. The second kappa shape index (κ2) is 8.11. The number of hydrogen-bond donors (Lipinski definition) is 2. The fourth-order valence-electron chi connectivity index (χ4n) is 2.47. The van der Waals surface area contributed by atoms with Gasteiger partial charge in [0.25, 0.3) is 0 Å². The predicted molar refractivity (Wildman–Crippen MR) is 91.8 cm³/mol. The first-order valence-electron chi connectivity index (χ1n) is 7.68. The van der Waals surface area contributed by atoms with Crippen LogP contribution >= 0.6 is 0 Å². The minimum Gasteiger partial charge on any atom is -0.325 e. The van der Waals surface area contributed by atoms with Crippen molar-refractivity contribution in [1.82, 2.24) is 5.32 Å². The number of carbonyl (C=O) groups excluding carboxylic acids is 1. The molecule has 0 spiro atoms. The van der Waals surface area contributed by atoms with Crippen molar-refractivity contribution in [2.24, 2.45) is 5.92 Å². The van der Waals surface area contributed by atoms with Gasteiger partial charge >= 0.3 is 0 Å². The summed E-state index contributed by atoms with van der Waals surface area (Å²) >= 11 is 0. The Morgan fingerprint density at radius 2 is 1.87 bits per heavy atom. The van der Waals surface area contributed by atoms with E-state index in [4.69, 9.17) is 5.26 Å². The SMILES string of the molecule is CC(C)[C@H](NCC(=O)Nc1cccc(C#N)c1)c1ccccc1. The highest BCUT2D eigenvalue weighted by Crippen LogP contribution is 2.21. The fraction of sp³-hybridized carbons (Fsp3) is 0.263. The van der Waals surface area contributed by atoms with Gasteiger partial charge in [-0.2, -0.15) is 5.26 Å². The van der Waals surface area contributed by atoms with E-state index in [0.717, 1.165) is 0 Å². The third-order valence-corrected chi connectivity index (χ3v) is 3.58. The maximum Gasteiger partial charge on any atom is 0.238 e. The standard InChI is InChI=1S/C19H21N3O/c1-14(2)19(16-8-4-3-5-9-16)21-13-18(23)22-17-10-6-7-15(11-17)12-20/h3-11,14,19,21H,13H2,1-2H3,(H,22,23)/t19-/m0/s1. The summed E-state index contributed by atoms with van der Waals surface area (Å²) in [7, 11) is 0. The number of nitriles is 1. The Labute approximate surface area is 137 Å². The maximum absolute atomic E-state index is 12.1. The van der Waals surface area contributed by atoms with Gasteiger partial charge in [-0.05, 0) is 29.7 Å². The van der Waals surface area contributed by atoms with Crippen LogP contribution in [0.1, 0.15) is 31.0 Å². The summed E-state index contributed by atoms with van der Waals surface area (Å²) < 4.78 is 0. The zero-order valence-corrected chi connectivity index (χ0v) is 13.4.